The van der Waals surface area contributed by atoms with Gasteiger partial charge in [0.25, 0.3) is 0 Å². The standard InChI is InChI=1S/C15H20ClN3O/c1-11-6-12(2)19(18-11)10-13-4-3-5-14(7-13)17-9-15(20)8-16/h3-7,15,17,20H,8-10H2,1-2H3. The van der Waals surface area contributed by atoms with Crippen LogP contribution in [0.3, 0.4) is 0 Å². The first-order valence-electron chi connectivity index (χ1n) is 6.66. The molecule has 0 aliphatic heterocycles. The maximum Gasteiger partial charge on any atom is 0.0847 e. The number of halogens is 1. The van der Waals surface area contributed by atoms with Crippen LogP contribution >= 0.6 is 11.6 Å². The minimum atomic E-state index is -0.531. The van der Waals surface area contributed by atoms with Crippen LogP contribution in [0.25, 0.3) is 0 Å². The fourth-order valence-electron chi connectivity index (χ4n) is 2.08. The van der Waals surface area contributed by atoms with Gasteiger partial charge in [-0.2, -0.15) is 5.10 Å². The number of aromatic nitrogens is 2. The van der Waals surface area contributed by atoms with Crippen LogP contribution in [0.5, 0.6) is 0 Å². The SMILES string of the molecule is Cc1cc(C)n(Cc2cccc(NCC(O)CCl)c2)n1. The van der Waals surface area contributed by atoms with Gasteiger partial charge in [0, 0.05) is 17.9 Å². The van der Waals surface area contributed by atoms with Gasteiger partial charge in [-0.15, -0.1) is 11.6 Å². The van der Waals surface area contributed by atoms with Crippen LogP contribution in [0.15, 0.2) is 30.3 Å². The summed E-state index contributed by atoms with van der Waals surface area (Å²) in [5.74, 6) is 0.235. The zero-order valence-electron chi connectivity index (χ0n) is 11.8. The molecule has 4 nitrogen and oxygen atoms in total. The Bertz CT molecular complexity index is 568. The molecule has 2 rings (SSSR count). The van der Waals surface area contributed by atoms with Crippen molar-refractivity contribution in [1.29, 1.82) is 0 Å². The summed E-state index contributed by atoms with van der Waals surface area (Å²) in [6.45, 7) is 5.24. The minimum absolute atomic E-state index is 0.235. The lowest BCUT2D eigenvalue weighted by atomic mass is 10.2. The van der Waals surface area contributed by atoms with Crippen LogP contribution < -0.4 is 5.32 Å². The molecular formula is C15H20ClN3O. The highest BCUT2D eigenvalue weighted by Gasteiger charge is 2.04. The highest BCUT2D eigenvalue weighted by atomic mass is 35.5. The predicted molar refractivity (Wildman–Crippen MR) is 82.5 cm³/mol. The number of aliphatic hydroxyl groups is 1. The van der Waals surface area contributed by atoms with Crippen molar-refractivity contribution in [3.8, 4) is 0 Å². The third-order valence-corrected chi connectivity index (χ3v) is 3.44. The van der Waals surface area contributed by atoms with Crippen LogP contribution in [0.2, 0.25) is 0 Å². The Kier molecular flexibility index (Phi) is 5.04. The zero-order valence-corrected chi connectivity index (χ0v) is 12.6. The van der Waals surface area contributed by atoms with E-state index in [1.807, 2.05) is 23.7 Å². The fourth-order valence-corrected chi connectivity index (χ4v) is 2.19. The molecule has 108 valence electrons. The highest BCUT2D eigenvalue weighted by Crippen LogP contribution is 2.13. The van der Waals surface area contributed by atoms with E-state index in [-0.39, 0.29) is 5.88 Å². The monoisotopic (exact) mass is 293 g/mol. The molecule has 0 radical (unpaired) electrons. The first-order valence-corrected chi connectivity index (χ1v) is 7.20. The number of aliphatic hydroxyl groups excluding tert-OH is 1. The Balaban J connectivity index is 2.04. The van der Waals surface area contributed by atoms with E-state index in [0.717, 1.165) is 23.6 Å². The van der Waals surface area contributed by atoms with Gasteiger partial charge >= 0.3 is 0 Å². The molecule has 0 aliphatic rings. The highest BCUT2D eigenvalue weighted by molar-refractivity contribution is 6.18. The summed E-state index contributed by atoms with van der Waals surface area (Å²) < 4.78 is 1.99. The number of nitrogens with one attached hydrogen (secondary N) is 1. The zero-order chi connectivity index (χ0) is 14.5. The molecule has 1 atom stereocenters. The maximum absolute atomic E-state index is 9.45. The maximum atomic E-state index is 9.45. The second-order valence-corrected chi connectivity index (χ2v) is 5.28. The van der Waals surface area contributed by atoms with Crippen molar-refractivity contribution in [3.63, 3.8) is 0 Å². The van der Waals surface area contributed by atoms with Crippen molar-refractivity contribution in [2.75, 3.05) is 17.7 Å². The number of hydrogen-bond acceptors (Lipinski definition) is 3. The molecule has 0 aliphatic carbocycles. The van der Waals surface area contributed by atoms with Crippen molar-refractivity contribution in [1.82, 2.24) is 9.78 Å². The number of hydrogen-bond donors (Lipinski definition) is 2. The molecule has 1 unspecified atom stereocenters. The molecule has 2 N–H and O–H groups in total. The minimum Gasteiger partial charge on any atom is -0.390 e. The number of benzene rings is 1. The average Bonchev–Trinajstić information content (AvgIpc) is 2.74. The second kappa shape index (κ2) is 6.77. The van der Waals surface area contributed by atoms with E-state index in [4.69, 9.17) is 11.6 Å². The van der Waals surface area contributed by atoms with Gasteiger partial charge in [0.2, 0.25) is 0 Å². The van der Waals surface area contributed by atoms with Gasteiger partial charge < -0.3 is 10.4 Å². The molecule has 1 heterocycles. The van der Waals surface area contributed by atoms with E-state index in [1.165, 1.54) is 5.56 Å². The Morgan fingerprint density at radius 3 is 2.80 bits per heavy atom. The molecule has 0 saturated heterocycles. The molecule has 20 heavy (non-hydrogen) atoms. The molecular weight excluding hydrogens is 274 g/mol. The third kappa shape index (κ3) is 3.99. The predicted octanol–water partition coefficient (Wildman–Crippen LogP) is 2.56. The van der Waals surface area contributed by atoms with Crippen molar-refractivity contribution in [2.24, 2.45) is 0 Å². The van der Waals surface area contributed by atoms with Crippen LogP contribution in [-0.2, 0) is 6.54 Å². The molecule has 5 heteroatoms. The van der Waals surface area contributed by atoms with Crippen LogP contribution in [0.1, 0.15) is 17.0 Å². The Labute approximate surface area is 124 Å². The molecule has 0 amide bonds. The first-order chi connectivity index (χ1) is 9.58. The normalized spacial score (nSPS) is 12.4. The summed E-state index contributed by atoms with van der Waals surface area (Å²) in [5, 5.41) is 17.1. The molecule has 1 aromatic carbocycles. The average molecular weight is 294 g/mol. The number of alkyl halides is 1. The van der Waals surface area contributed by atoms with Crippen molar-refractivity contribution >= 4 is 17.3 Å². The van der Waals surface area contributed by atoms with Gasteiger partial charge in [-0.1, -0.05) is 12.1 Å². The van der Waals surface area contributed by atoms with E-state index < -0.39 is 6.10 Å². The second-order valence-electron chi connectivity index (χ2n) is 4.97. The van der Waals surface area contributed by atoms with Gasteiger partial charge in [-0.25, -0.2) is 0 Å². The van der Waals surface area contributed by atoms with E-state index in [1.54, 1.807) is 0 Å². The van der Waals surface area contributed by atoms with Crippen LogP contribution in [0.4, 0.5) is 5.69 Å². The summed E-state index contributed by atoms with van der Waals surface area (Å²) >= 11 is 5.57. The number of anilines is 1. The van der Waals surface area contributed by atoms with E-state index >= 15 is 0 Å². The molecule has 0 spiro atoms. The first kappa shape index (κ1) is 14.9. The van der Waals surface area contributed by atoms with Gasteiger partial charge in [-0.3, -0.25) is 4.68 Å². The Hall–Kier alpha value is -1.52. The van der Waals surface area contributed by atoms with Crippen molar-refractivity contribution in [3.05, 3.63) is 47.3 Å². The molecule has 2 aromatic rings. The smallest absolute Gasteiger partial charge is 0.0847 e. The van der Waals surface area contributed by atoms with Gasteiger partial charge in [-0.05, 0) is 37.6 Å². The van der Waals surface area contributed by atoms with Crippen molar-refractivity contribution in [2.45, 2.75) is 26.5 Å². The van der Waals surface area contributed by atoms with E-state index in [2.05, 4.69) is 35.5 Å². The lowest BCUT2D eigenvalue weighted by molar-refractivity contribution is 0.211. The van der Waals surface area contributed by atoms with E-state index in [9.17, 15) is 5.11 Å². The number of rotatable bonds is 6. The topological polar surface area (TPSA) is 50.1 Å². The summed E-state index contributed by atoms with van der Waals surface area (Å²) in [6.07, 6.45) is -0.531. The fraction of sp³-hybridized carbons (Fsp3) is 0.400. The largest absolute Gasteiger partial charge is 0.390 e. The lowest BCUT2D eigenvalue weighted by Crippen LogP contribution is -2.20. The Morgan fingerprint density at radius 1 is 1.35 bits per heavy atom. The lowest BCUT2D eigenvalue weighted by Gasteiger charge is -2.11. The van der Waals surface area contributed by atoms with E-state index in [0.29, 0.717) is 6.54 Å². The quantitative estimate of drug-likeness (QED) is 0.805. The molecule has 0 bridgehead atoms. The van der Waals surface area contributed by atoms with Crippen LogP contribution in [0, 0.1) is 13.8 Å². The molecule has 0 saturated carbocycles. The molecule has 0 fully saturated rings. The summed E-state index contributed by atoms with van der Waals surface area (Å²) in [5.41, 5.74) is 4.33. The molecule has 1 aromatic heterocycles. The Morgan fingerprint density at radius 2 is 2.15 bits per heavy atom. The van der Waals surface area contributed by atoms with Gasteiger partial charge in [0.1, 0.15) is 0 Å². The van der Waals surface area contributed by atoms with Crippen LogP contribution in [-0.4, -0.2) is 33.4 Å². The van der Waals surface area contributed by atoms with Gasteiger partial charge in [0.05, 0.1) is 24.2 Å². The van der Waals surface area contributed by atoms with Crippen molar-refractivity contribution < 1.29 is 5.11 Å². The number of aryl methyl sites for hydroxylation is 2. The number of nitrogens with zero attached hydrogens (tertiary/aromatic N) is 2. The summed E-state index contributed by atoms with van der Waals surface area (Å²) in [4.78, 5) is 0. The third-order valence-electron chi connectivity index (χ3n) is 3.08. The summed E-state index contributed by atoms with van der Waals surface area (Å²) in [6, 6.07) is 10.2. The summed E-state index contributed by atoms with van der Waals surface area (Å²) in [7, 11) is 0. The van der Waals surface area contributed by atoms with Gasteiger partial charge in [0.15, 0.2) is 0 Å².